The lowest BCUT2D eigenvalue weighted by atomic mass is 9.87. The van der Waals surface area contributed by atoms with Gasteiger partial charge in [0.05, 0.1) is 11.6 Å². The highest BCUT2D eigenvalue weighted by Crippen LogP contribution is 2.23. The van der Waals surface area contributed by atoms with Crippen LogP contribution in [-0.4, -0.2) is 84.8 Å². The monoisotopic (exact) mass is 709 g/mol. The van der Waals surface area contributed by atoms with E-state index in [9.17, 15) is 29.2 Å². The number of benzene rings is 1. The van der Waals surface area contributed by atoms with E-state index in [4.69, 9.17) is 0 Å². The lowest BCUT2D eigenvalue weighted by Crippen LogP contribution is -2.58. The number of hydrogen-bond donors (Lipinski definition) is 5. The first kappa shape index (κ1) is 42.6. The number of amides is 5. The predicted octanol–water partition coefficient (Wildman–Crippen LogP) is 2.46. The van der Waals surface area contributed by atoms with E-state index in [1.165, 1.54) is 29.4 Å². The average molecular weight is 710 g/mol. The molecule has 5 N–H and O–H groups in total. The van der Waals surface area contributed by atoms with Gasteiger partial charge in [0, 0.05) is 38.3 Å². The highest BCUT2D eigenvalue weighted by Gasteiger charge is 2.35. The first-order valence-corrected chi connectivity index (χ1v) is 17.9. The molecule has 1 aromatic heterocycles. The Balaban J connectivity index is 2.26. The van der Waals surface area contributed by atoms with Gasteiger partial charge in [0.15, 0.2) is 12.4 Å². The number of likely N-dealkylation sites (N-methyl/N-ethyl adjacent to an activating group) is 2. The van der Waals surface area contributed by atoms with Crippen LogP contribution >= 0.6 is 0 Å². The van der Waals surface area contributed by atoms with E-state index in [1.807, 2.05) is 78.8 Å². The summed E-state index contributed by atoms with van der Waals surface area (Å²) >= 11 is 0. The van der Waals surface area contributed by atoms with Gasteiger partial charge in [-0.05, 0) is 50.0 Å². The standard InChI is InChI=1S/C38H59N7O6/c1-10-15-31(44(9)37(50)30(23-38(6,7)8)42-34(47)28-18-20-45(51)21-19-28)35(48)41-29(22-27-16-13-12-14-17-27)24-40-26(5)33(46)43-32(25(3)4)36(49)39-11-2/h12-14,16-21,25-26,29-32,40H,10-11,15,22-24H2,1-9H3,(H,39,49)(H,41,48)(H,42,47)(H,43,46)/t26-,29-,30-,31-,32-/m0/s1. The molecule has 13 heteroatoms. The third-order valence-electron chi connectivity index (χ3n) is 8.50. The van der Waals surface area contributed by atoms with Crippen LogP contribution in [0, 0.1) is 16.5 Å². The highest BCUT2D eigenvalue weighted by molar-refractivity contribution is 5.98. The summed E-state index contributed by atoms with van der Waals surface area (Å²) < 4.78 is 0.572. The van der Waals surface area contributed by atoms with Crippen molar-refractivity contribution in [3.05, 3.63) is 71.2 Å². The Labute approximate surface area is 303 Å². The summed E-state index contributed by atoms with van der Waals surface area (Å²) in [6, 6.07) is 8.84. The smallest absolute Gasteiger partial charge is 0.252 e. The van der Waals surface area contributed by atoms with Gasteiger partial charge in [-0.15, -0.1) is 0 Å². The van der Waals surface area contributed by atoms with E-state index in [0.29, 0.717) is 37.0 Å². The average Bonchev–Trinajstić information content (AvgIpc) is 3.07. The number of carbonyl (C=O) groups is 5. The van der Waals surface area contributed by atoms with Crippen LogP contribution in [0.2, 0.25) is 0 Å². The zero-order chi connectivity index (χ0) is 38.3. The van der Waals surface area contributed by atoms with E-state index in [-0.39, 0.29) is 41.2 Å². The molecule has 51 heavy (non-hydrogen) atoms. The molecule has 282 valence electrons. The minimum absolute atomic E-state index is 0.117. The van der Waals surface area contributed by atoms with Crippen molar-refractivity contribution >= 4 is 29.5 Å². The molecule has 0 saturated carbocycles. The van der Waals surface area contributed by atoms with Gasteiger partial charge in [0.1, 0.15) is 18.1 Å². The number of hydrogen-bond acceptors (Lipinski definition) is 7. The van der Waals surface area contributed by atoms with E-state index in [2.05, 4.69) is 26.6 Å². The van der Waals surface area contributed by atoms with Crippen molar-refractivity contribution < 1.29 is 28.7 Å². The zero-order valence-electron chi connectivity index (χ0n) is 31.7. The van der Waals surface area contributed by atoms with E-state index in [0.717, 1.165) is 5.56 Å². The topological polar surface area (TPSA) is 176 Å². The number of pyridine rings is 1. The number of nitrogens with zero attached hydrogens (tertiary/aromatic N) is 2. The molecular weight excluding hydrogens is 650 g/mol. The Kier molecular flexibility index (Phi) is 17.0. The van der Waals surface area contributed by atoms with Crippen molar-refractivity contribution in [3.8, 4) is 0 Å². The van der Waals surface area contributed by atoms with Crippen LogP contribution < -0.4 is 31.3 Å². The lowest BCUT2D eigenvalue weighted by molar-refractivity contribution is -0.605. The molecule has 0 bridgehead atoms. The summed E-state index contributed by atoms with van der Waals surface area (Å²) in [5.74, 6) is -1.96. The summed E-state index contributed by atoms with van der Waals surface area (Å²) in [5, 5.41) is 26.3. The maximum atomic E-state index is 14.0. The first-order chi connectivity index (χ1) is 24.0. The number of rotatable bonds is 19. The molecule has 2 rings (SSSR count). The molecule has 5 amide bonds. The Hall–Kier alpha value is -4.52. The summed E-state index contributed by atoms with van der Waals surface area (Å²) in [7, 11) is 1.57. The fourth-order valence-electron chi connectivity index (χ4n) is 5.67. The summed E-state index contributed by atoms with van der Waals surface area (Å²) in [5.41, 5.74) is 0.879. The largest absolute Gasteiger partial charge is 0.619 e. The van der Waals surface area contributed by atoms with E-state index in [1.54, 1.807) is 14.0 Å². The van der Waals surface area contributed by atoms with Crippen molar-refractivity contribution in [2.75, 3.05) is 20.1 Å². The highest BCUT2D eigenvalue weighted by atomic mass is 16.5. The Bertz CT molecular complexity index is 1430. The van der Waals surface area contributed by atoms with Crippen LogP contribution in [0.1, 0.15) is 90.6 Å². The molecule has 1 heterocycles. The molecule has 1 aromatic carbocycles. The van der Waals surface area contributed by atoms with Crippen LogP contribution in [0.3, 0.4) is 0 Å². The Morgan fingerprint density at radius 3 is 2.04 bits per heavy atom. The molecule has 0 saturated heterocycles. The molecule has 0 radical (unpaired) electrons. The lowest BCUT2D eigenvalue weighted by Gasteiger charge is -2.34. The molecule has 0 spiro atoms. The normalized spacial score (nSPS) is 14.4. The van der Waals surface area contributed by atoms with Gasteiger partial charge in [0.2, 0.25) is 23.6 Å². The Morgan fingerprint density at radius 1 is 0.863 bits per heavy atom. The van der Waals surface area contributed by atoms with Gasteiger partial charge in [-0.25, -0.2) is 0 Å². The van der Waals surface area contributed by atoms with Crippen molar-refractivity contribution in [1.29, 1.82) is 0 Å². The first-order valence-electron chi connectivity index (χ1n) is 17.9. The van der Waals surface area contributed by atoms with Gasteiger partial charge in [-0.3, -0.25) is 24.0 Å². The van der Waals surface area contributed by atoms with Gasteiger partial charge >= 0.3 is 0 Å². The molecular formula is C38H59N7O6. The third-order valence-corrected chi connectivity index (χ3v) is 8.50. The second-order valence-corrected chi connectivity index (χ2v) is 14.6. The predicted molar refractivity (Wildman–Crippen MR) is 197 cm³/mol. The molecule has 2 aromatic rings. The SMILES string of the molecule is CCC[C@@H](C(=O)N[C@H](CN[C@@H](C)C(=O)N[C@H](C(=O)NCC)C(C)C)Cc1ccccc1)N(C)C(=O)[C@H](CC(C)(C)C)NC(=O)c1cc[n+]([O-])cc1. The molecule has 5 atom stereocenters. The Morgan fingerprint density at radius 2 is 1.49 bits per heavy atom. The van der Waals surface area contributed by atoms with Crippen LogP contribution in [0.4, 0.5) is 0 Å². The second kappa shape index (κ2) is 20.4. The fraction of sp³-hybridized carbons (Fsp3) is 0.579. The van der Waals surface area contributed by atoms with E-state index < -0.39 is 42.0 Å². The molecule has 0 aliphatic heterocycles. The molecule has 0 aliphatic carbocycles. The molecule has 0 unspecified atom stereocenters. The van der Waals surface area contributed by atoms with Crippen LogP contribution in [-0.2, 0) is 25.6 Å². The number of nitrogens with one attached hydrogen (secondary N) is 5. The minimum atomic E-state index is -0.926. The fourth-order valence-corrected chi connectivity index (χ4v) is 5.67. The maximum absolute atomic E-state index is 14.0. The third kappa shape index (κ3) is 14.3. The summed E-state index contributed by atoms with van der Waals surface area (Å²) in [6.45, 7) is 15.8. The van der Waals surface area contributed by atoms with Gasteiger partial charge in [-0.2, -0.15) is 4.73 Å². The summed E-state index contributed by atoms with van der Waals surface area (Å²) in [6.07, 6.45) is 4.20. The van der Waals surface area contributed by atoms with Gasteiger partial charge < -0.3 is 36.7 Å². The van der Waals surface area contributed by atoms with Crippen LogP contribution in [0.25, 0.3) is 0 Å². The second-order valence-electron chi connectivity index (χ2n) is 14.6. The van der Waals surface area contributed by atoms with Crippen molar-refractivity contribution in [2.24, 2.45) is 11.3 Å². The van der Waals surface area contributed by atoms with Gasteiger partial charge in [-0.1, -0.05) is 78.3 Å². The van der Waals surface area contributed by atoms with Gasteiger partial charge in [0.25, 0.3) is 5.91 Å². The van der Waals surface area contributed by atoms with Crippen LogP contribution in [0.5, 0.6) is 0 Å². The quantitative estimate of drug-likeness (QED) is 0.110. The summed E-state index contributed by atoms with van der Waals surface area (Å²) in [4.78, 5) is 68.3. The minimum Gasteiger partial charge on any atom is -0.619 e. The van der Waals surface area contributed by atoms with Crippen LogP contribution in [0.15, 0.2) is 54.9 Å². The van der Waals surface area contributed by atoms with Crippen molar-refractivity contribution in [1.82, 2.24) is 31.5 Å². The number of aromatic nitrogens is 1. The molecule has 0 fully saturated rings. The van der Waals surface area contributed by atoms with Crippen molar-refractivity contribution in [2.45, 2.75) is 111 Å². The van der Waals surface area contributed by atoms with E-state index >= 15 is 0 Å². The molecule has 0 aliphatic rings. The molecule has 13 nitrogen and oxygen atoms in total. The zero-order valence-corrected chi connectivity index (χ0v) is 31.7. The van der Waals surface area contributed by atoms with Crippen molar-refractivity contribution in [3.63, 3.8) is 0 Å². The maximum Gasteiger partial charge on any atom is 0.252 e. The number of carbonyl (C=O) groups excluding carboxylic acids is 5.